The number of hydrogen-bond acceptors (Lipinski definition) is 5. The van der Waals surface area contributed by atoms with Crippen molar-refractivity contribution >= 4 is 45.7 Å². The molecule has 0 aliphatic heterocycles. The molecule has 0 aliphatic carbocycles. The highest BCUT2D eigenvalue weighted by Crippen LogP contribution is 2.27. The molecule has 4 rings (SSSR count). The topological polar surface area (TPSA) is 48.1 Å². The van der Waals surface area contributed by atoms with E-state index in [2.05, 4.69) is 5.16 Å². The number of halogens is 2. The zero-order valence-electron chi connectivity index (χ0n) is 14.8. The number of methoxy groups -OCH3 is 1. The number of ether oxygens (including phenoxy) is 1. The second kappa shape index (κ2) is 8.22. The summed E-state index contributed by atoms with van der Waals surface area (Å²) >= 11 is 13.5. The lowest BCUT2D eigenvalue weighted by Gasteiger charge is -2.03. The van der Waals surface area contributed by atoms with Gasteiger partial charge < -0.3 is 9.57 Å². The molecule has 2 heterocycles. The predicted octanol–water partition coefficient (Wildman–Crippen LogP) is 5.93. The summed E-state index contributed by atoms with van der Waals surface area (Å²) < 4.78 is 7.21. The fourth-order valence-electron chi connectivity index (χ4n) is 2.72. The first kappa shape index (κ1) is 18.8. The minimum Gasteiger partial charge on any atom is -0.497 e. The molecule has 0 radical (unpaired) electrons. The highest BCUT2D eigenvalue weighted by molar-refractivity contribution is 7.15. The number of fused-ring (bicyclic) bond motifs is 1. The molecule has 142 valence electrons. The fourth-order valence-corrected chi connectivity index (χ4v) is 3.76. The standard InChI is InChI=1S/C20H15Cl2N3O2S/c1-26-15-5-3-14(4-6-15)19-18(25-8-9-28-20(25)24-19)11-23-27-12-13-2-7-16(21)17(22)10-13/h2-11H,12H2,1H3/b23-11+. The smallest absolute Gasteiger partial charge is 0.194 e. The third-order valence-electron chi connectivity index (χ3n) is 4.13. The van der Waals surface area contributed by atoms with Crippen LogP contribution in [0.25, 0.3) is 16.2 Å². The third-order valence-corrected chi connectivity index (χ3v) is 5.62. The molecule has 0 saturated heterocycles. The largest absolute Gasteiger partial charge is 0.497 e. The van der Waals surface area contributed by atoms with Crippen molar-refractivity contribution in [2.75, 3.05) is 7.11 Å². The van der Waals surface area contributed by atoms with Gasteiger partial charge in [0.1, 0.15) is 12.4 Å². The Morgan fingerprint density at radius 3 is 2.71 bits per heavy atom. The summed E-state index contributed by atoms with van der Waals surface area (Å²) in [4.78, 5) is 11.1. The Morgan fingerprint density at radius 1 is 1.14 bits per heavy atom. The fraction of sp³-hybridized carbons (Fsp3) is 0.100. The molecule has 2 aromatic carbocycles. The maximum Gasteiger partial charge on any atom is 0.194 e. The number of benzene rings is 2. The molecule has 5 nitrogen and oxygen atoms in total. The van der Waals surface area contributed by atoms with Crippen molar-refractivity contribution in [1.82, 2.24) is 9.38 Å². The predicted molar refractivity (Wildman–Crippen MR) is 114 cm³/mol. The zero-order valence-corrected chi connectivity index (χ0v) is 17.1. The van der Waals surface area contributed by atoms with Gasteiger partial charge in [-0.1, -0.05) is 34.4 Å². The first-order chi connectivity index (χ1) is 13.7. The molecule has 0 bridgehead atoms. The maximum atomic E-state index is 6.03. The van der Waals surface area contributed by atoms with E-state index in [1.807, 2.05) is 46.3 Å². The maximum absolute atomic E-state index is 6.03. The van der Waals surface area contributed by atoms with Gasteiger partial charge in [0.25, 0.3) is 0 Å². The van der Waals surface area contributed by atoms with E-state index in [9.17, 15) is 0 Å². The second-order valence-electron chi connectivity index (χ2n) is 5.89. The van der Waals surface area contributed by atoms with E-state index in [0.717, 1.165) is 33.2 Å². The Balaban J connectivity index is 1.57. The molecule has 0 aliphatic rings. The van der Waals surface area contributed by atoms with Gasteiger partial charge in [-0.3, -0.25) is 4.40 Å². The first-order valence-electron chi connectivity index (χ1n) is 8.35. The molecule has 8 heteroatoms. The summed E-state index contributed by atoms with van der Waals surface area (Å²) in [6.45, 7) is 0.289. The lowest BCUT2D eigenvalue weighted by atomic mass is 10.1. The van der Waals surface area contributed by atoms with Crippen LogP contribution in [-0.2, 0) is 11.4 Å². The Morgan fingerprint density at radius 2 is 1.96 bits per heavy atom. The lowest BCUT2D eigenvalue weighted by Crippen LogP contribution is -1.94. The molecule has 0 fully saturated rings. The molecular weight excluding hydrogens is 417 g/mol. The molecule has 0 amide bonds. The van der Waals surface area contributed by atoms with E-state index >= 15 is 0 Å². The van der Waals surface area contributed by atoms with Crippen molar-refractivity contribution in [1.29, 1.82) is 0 Å². The zero-order chi connectivity index (χ0) is 19.5. The van der Waals surface area contributed by atoms with Crippen LogP contribution in [0, 0.1) is 0 Å². The molecule has 4 aromatic rings. The Hall–Kier alpha value is -2.54. The van der Waals surface area contributed by atoms with E-state index in [1.165, 1.54) is 0 Å². The highest BCUT2D eigenvalue weighted by atomic mass is 35.5. The second-order valence-corrected chi connectivity index (χ2v) is 7.57. The van der Waals surface area contributed by atoms with Crippen molar-refractivity contribution < 1.29 is 9.57 Å². The minimum atomic E-state index is 0.289. The van der Waals surface area contributed by atoms with Crippen LogP contribution in [0.1, 0.15) is 11.3 Å². The summed E-state index contributed by atoms with van der Waals surface area (Å²) in [5.41, 5.74) is 3.53. The SMILES string of the molecule is COc1ccc(-c2nc3sccn3c2/C=N/OCc2ccc(Cl)c(Cl)c2)cc1. The Labute approximate surface area is 175 Å². The number of oxime groups is 1. The van der Waals surface area contributed by atoms with Crippen molar-refractivity contribution in [3.8, 4) is 17.0 Å². The number of thiazole rings is 1. The Bertz CT molecular complexity index is 1140. The number of hydrogen-bond donors (Lipinski definition) is 0. The molecule has 28 heavy (non-hydrogen) atoms. The van der Waals surface area contributed by atoms with Crippen LogP contribution in [0.4, 0.5) is 0 Å². The van der Waals surface area contributed by atoms with Gasteiger partial charge in [0.2, 0.25) is 0 Å². The Kier molecular flexibility index (Phi) is 5.52. The highest BCUT2D eigenvalue weighted by Gasteiger charge is 2.13. The van der Waals surface area contributed by atoms with Gasteiger partial charge >= 0.3 is 0 Å². The van der Waals surface area contributed by atoms with E-state index in [-0.39, 0.29) is 6.61 Å². The van der Waals surface area contributed by atoms with Gasteiger partial charge in [0, 0.05) is 17.1 Å². The molecular formula is C20H15Cl2N3O2S. The van der Waals surface area contributed by atoms with Crippen LogP contribution in [0.2, 0.25) is 10.0 Å². The van der Waals surface area contributed by atoms with E-state index in [1.54, 1.807) is 36.8 Å². The summed E-state index contributed by atoms with van der Waals surface area (Å²) in [6.07, 6.45) is 3.63. The molecule has 0 atom stereocenters. The van der Waals surface area contributed by atoms with Crippen LogP contribution in [0.3, 0.4) is 0 Å². The third kappa shape index (κ3) is 3.85. The summed E-state index contributed by atoms with van der Waals surface area (Å²) in [5, 5.41) is 7.11. The lowest BCUT2D eigenvalue weighted by molar-refractivity contribution is 0.132. The van der Waals surface area contributed by atoms with Gasteiger partial charge in [0.05, 0.1) is 34.8 Å². The number of rotatable bonds is 6. The van der Waals surface area contributed by atoms with Crippen LogP contribution >= 0.6 is 34.5 Å². The monoisotopic (exact) mass is 431 g/mol. The van der Waals surface area contributed by atoms with Crippen molar-refractivity contribution in [2.45, 2.75) is 6.61 Å². The van der Waals surface area contributed by atoms with Gasteiger partial charge in [-0.15, -0.1) is 11.3 Å². The minimum absolute atomic E-state index is 0.289. The number of imidazole rings is 1. The van der Waals surface area contributed by atoms with Gasteiger partial charge in [0.15, 0.2) is 4.96 Å². The van der Waals surface area contributed by atoms with Gasteiger partial charge in [-0.2, -0.15) is 0 Å². The van der Waals surface area contributed by atoms with Crippen LogP contribution in [0.5, 0.6) is 5.75 Å². The quantitative estimate of drug-likeness (QED) is 0.280. The van der Waals surface area contributed by atoms with Gasteiger partial charge in [-0.05, 0) is 42.0 Å². The van der Waals surface area contributed by atoms with Gasteiger partial charge in [-0.25, -0.2) is 4.98 Å². The molecule has 0 spiro atoms. The van der Waals surface area contributed by atoms with E-state index < -0.39 is 0 Å². The van der Waals surface area contributed by atoms with Crippen molar-refractivity contribution in [3.05, 3.63) is 75.3 Å². The summed E-state index contributed by atoms with van der Waals surface area (Å²) in [5.74, 6) is 0.796. The van der Waals surface area contributed by atoms with Crippen molar-refractivity contribution in [2.24, 2.45) is 5.16 Å². The molecule has 2 aromatic heterocycles. The van der Waals surface area contributed by atoms with Crippen LogP contribution in [0.15, 0.2) is 59.2 Å². The average Bonchev–Trinajstić information content (AvgIpc) is 3.30. The number of nitrogens with zero attached hydrogens (tertiary/aromatic N) is 3. The normalized spacial score (nSPS) is 11.4. The molecule has 0 saturated carbocycles. The first-order valence-corrected chi connectivity index (χ1v) is 9.98. The summed E-state index contributed by atoms with van der Waals surface area (Å²) in [7, 11) is 1.64. The summed E-state index contributed by atoms with van der Waals surface area (Å²) in [6, 6.07) is 13.1. The van der Waals surface area contributed by atoms with Crippen molar-refractivity contribution in [3.63, 3.8) is 0 Å². The molecule has 0 unspecified atom stereocenters. The number of aromatic nitrogens is 2. The average molecular weight is 432 g/mol. The van der Waals surface area contributed by atoms with E-state index in [0.29, 0.717) is 10.0 Å². The molecule has 0 N–H and O–H groups in total. The van der Waals surface area contributed by atoms with E-state index in [4.69, 9.17) is 37.8 Å². The van der Waals surface area contributed by atoms with Crippen LogP contribution in [-0.4, -0.2) is 22.7 Å². The van der Waals surface area contributed by atoms with Crippen LogP contribution < -0.4 is 4.74 Å².